The quantitative estimate of drug-likeness (QED) is 0.781. The van der Waals surface area contributed by atoms with Crippen molar-refractivity contribution in [3.8, 4) is 0 Å². The maximum absolute atomic E-state index is 12.2. The minimum Gasteiger partial charge on any atom is -0.393 e. The highest BCUT2D eigenvalue weighted by atomic mass is 32.2. The lowest BCUT2D eigenvalue weighted by atomic mass is 10.0. The molecule has 1 unspecified atom stereocenters. The summed E-state index contributed by atoms with van der Waals surface area (Å²) in [5.74, 6) is 2.07. The minimum atomic E-state index is -0.247. The van der Waals surface area contributed by atoms with Gasteiger partial charge in [0.05, 0.1) is 10.9 Å². The predicted octanol–water partition coefficient (Wildman–Crippen LogP) is 1.65. The third-order valence-corrected chi connectivity index (χ3v) is 4.09. The van der Waals surface area contributed by atoms with Crippen molar-refractivity contribution in [2.45, 2.75) is 26.2 Å². The molecule has 2 N–H and O–H groups in total. The fourth-order valence-electron chi connectivity index (χ4n) is 1.86. The molecule has 0 aromatic heterocycles. The number of nitrogens with zero attached hydrogens (tertiary/aromatic N) is 1. The Morgan fingerprint density at radius 1 is 1.50 bits per heavy atom. The van der Waals surface area contributed by atoms with Crippen molar-refractivity contribution in [3.05, 3.63) is 0 Å². The van der Waals surface area contributed by atoms with Crippen molar-refractivity contribution in [1.82, 2.24) is 4.90 Å². The average Bonchev–Trinajstić information content (AvgIpc) is 2.53. The van der Waals surface area contributed by atoms with E-state index in [0.717, 1.165) is 43.9 Å². The van der Waals surface area contributed by atoms with E-state index < -0.39 is 0 Å². The standard InChI is InChI=1S/C11H20N2OS2/c1-2-4-9(10(12)15)11(14)13-5-3-7-16-8-6-13/h9H,2-8H2,1H3,(H2,12,15). The van der Waals surface area contributed by atoms with Gasteiger partial charge in [-0.1, -0.05) is 25.6 Å². The van der Waals surface area contributed by atoms with E-state index in [1.54, 1.807) is 0 Å². The molecular weight excluding hydrogens is 240 g/mol. The Morgan fingerprint density at radius 2 is 2.25 bits per heavy atom. The second kappa shape index (κ2) is 7.12. The van der Waals surface area contributed by atoms with Crippen molar-refractivity contribution in [3.63, 3.8) is 0 Å². The molecule has 0 aromatic carbocycles. The van der Waals surface area contributed by atoms with Gasteiger partial charge in [-0.25, -0.2) is 0 Å². The van der Waals surface area contributed by atoms with E-state index in [0.29, 0.717) is 4.99 Å². The summed E-state index contributed by atoms with van der Waals surface area (Å²) in [5, 5.41) is 0. The van der Waals surface area contributed by atoms with Crippen LogP contribution in [0.5, 0.6) is 0 Å². The van der Waals surface area contributed by atoms with Crippen LogP contribution in [0.3, 0.4) is 0 Å². The highest BCUT2D eigenvalue weighted by molar-refractivity contribution is 7.99. The van der Waals surface area contributed by atoms with E-state index in [4.69, 9.17) is 18.0 Å². The summed E-state index contributed by atoms with van der Waals surface area (Å²) in [6.45, 7) is 3.75. The van der Waals surface area contributed by atoms with E-state index in [2.05, 4.69) is 6.92 Å². The second-order valence-corrected chi connectivity index (χ2v) is 5.73. The van der Waals surface area contributed by atoms with Crippen LogP contribution in [0.1, 0.15) is 26.2 Å². The first-order valence-corrected chi connectivity index (χ1v) is 7.39. The molecule has 1 fully saturated rings. The number of thioether (sulfide) groups is 1. The van der Waals surface area contributed by atoms with Crippen LogP contribution in [-0.2, 0) is 4.79 Å². The van der Waals surface area contributed by atoms with Gasteiger partial charge in [0.25, 0.3) is 0 Å². The molecule has 92 valence electrons. The van der Waals surface area contributed by atoms with Crippen LogP contribution in [0.4, 0.5) is 0 Å². The molecule has 0 aromatic rings. The Bertz CT molecular complexity index is 250. The fraction of sp³-hybridized carbons (Fsp3) is 0.818. The summed E-state index contributed by atoms with van der Waals surface area (Å²) < 4.78 is 0. The minimum absolute atomic E-state index is 0.136. The van der Waals surface area contributed by atoms with Gasteiger partial charge in [0.2, 0.25) is 5.91 Å². The van der Waals surface area contributed by atoms with Crippen molar-refractivity contribution in [1.29, 1.82) is 0 Å². The maximum Gasteiger partial charge on any atom is 0.232 e. The zero-order valence-corrected chi connectivity index (χ0v) is 11.4. The number of hydrogen-bond acceptors (Lipinski definition) is 3. The first kappa shape index (κ1) is 13.8. The Balaban J connectivity index is 2.60. The summed E-state index contributed by atoms with van der Waals surface area (Å²) in [6, 6.07) is 0. The average molecular weight is 260 g/mol. The number of rotatable bonds is 4. The summed E-state index contributed by atoms with van der Waals surface area (Å²) >= 11 is 6.90. The number of nitrogens with two attached hydrogens (primary N) is 1. The van der Waals surface area contributed by atoms with Crippen molar-refractivity contribution in [2.75, 3.05) is 24.6 Å². The zero-order valence-electron chi connectivity index (χ0n) is 9.78. The smallest absolute Gasteiger partial charge is 0.232 e. The lowest BCUT2D eigenvalue weighted by Crippen LogP contribution is -2.42. The van der Waals surface area contributed by atoms with Crippen LogP contribution in [0, 0.1) is 5.92 Å². The van der Waals surface area contributed by atoms with Gasteiger partial charge < -0.3 is 10.6 Å². The third-order valence-electron chi connectivity index (χ3n) is 2.75. The van der Waals surface area contributed by atoms with Gasteiger partial charge in [0.1, 0.15) is 0 Å². The molecule has 5 heteroatoms. The number of amides is 1. The van der Waals surface area contributed by atoms with E-state index in [1.807, 2.05) is 16.7 Å². The summed E-state index contributed by atoms with van der Waals surface area (Å²) in [7, 11) is 0. The summed E-state index contributed by atoms with van der Waals surface area (Å²) in [4.78, 5) is 14.5. The molecule has 3 nitrogen and oxygen atoms in total. The van der Waals surface area contributed by atoms with Crippen LogP contribution in [-0.4, -0.2) is 40.4 Å². The summed E-state index contributed by atoms with van der Waals surface area (Å²) in [6.07, 6.45) is 2.79. The molecule has 1 rings (SSSR count). The highest BCUT2D eigenvalue weighted by Crippen LogP contribution is 2.16. The van der Waals surface area contributed by atoms with Crippen LogP contribution in [0.25, 0.3) is 0 Å². The van der Waals surface area contributed by atoms with Crippen molar-refractivity contribution in [2.24, 2.45) is 11.7 Å². The first-order valence-electron chi connectivity index (χ1n) is 5.82. The molecule has 0 aliphatic carbocycles. The van der Waals surface area contributed by atoms with E-state index in [1.165, 1.54) is 0 Å². The molecule has 1 atom stereocenters. The van der Waals surface area contributed by atoms with Crippen molar-refractivity contribution < 1.29 is 4.79 Å². The normalized spacial score (nSPS) is 18.9. The predicted molar refractivity (Wildman–Crippen MR) is 73.7 cm³/mol. The van der Waals surface area contributed by atoms with E-state index in [9.17, 15) is 4.79 Å². The lowest BCUT2D eigenvalue weighted by molar-refractivity contribution is -0.133. The second-order valence-electron chi connectivity index (χ2n) is 4.03. The number of carbonyl (C=O) groups is 1. The number of thiocarbonyl (C=S) groups is 1. The monoisotopic (exact) mass is 260 g/mol. The molecule has 1 amide bonds. The maximum atomic E-state index is 12.2. The lowest BCUT2D eigenvalue weighted by Gasteiger charge is -2.25. The van der Waals surface area contributed by atoms with Gasteiger partial charge in [-0.15, -0.1) is 0 Å². The molecule has 1 aliphatic rings. The van der Waals surface area contributed by atoms with Gasteiger partial charge in [-0.3, -0.25) is 4.79 Å². The van der Waals surface area contributed by atoms with Gasteiger partial charge in [0, 0.05) is 18.8 Å². The van der Waals surface area contributed by atoms with Crippen LogP contribution < -0.4 is 5.73 Å². The molecule has 1 heterocycles. The molecule has 1 aliphatic heterocycles. The van der Waals surface area contributed by atoms with Gasteiger partial charge in [-0.2, -0.15) is 11.8 Å². The van der Waals surface area contributed by atoms with Gasteiger partial charge >= 0.3 is 0 Å². The molecule has 0 bridgehead atoms. The summed E-state index contributed by atoms with van der Waals surface area (Å²) in [5.41, 5.74) is 5.65. The first-order chi connectivity index (χ1) is 7.66. The molecular formula is C11H20N2OS2. The topological polar surface area (TPSA) is 46.3 Å². The molecule has 16 heavy (non-hydrogen) atoms. The molecule has 0 radical (unpaired) electrons. The van der Waals surface area contributed by atoms with Gasteiger partial charge in [-0.05, 0) is 18.6 Å². The highest BCUT2D eigenvalue weighted by Gasteiger charge is 2.26. The largest absolute Gasteiger partial charge is 0.393 e. The SMILES string of the molecule is CCCC(C(=O)N1CCCSCC1)C(N)=S. The number of hydrogen-bond donors (Lipinski definition) is 1. The third kappa shape index (κ3) is 3.94. The Labute approximate surface area is 107 Å². The van der Waals surface area contributed by atoms with Crippen LogP contribution >= 0.6 is 24.0 Å². The Morgan fingerprint density at radius 3 is 2.88 bits per heavy atom. The number of carbonyl (C=O) groups excluding carboxylic acids is 1. The Hall–Kier alpha value is -0.290. The van der Waals surface area contributed by atoms with E-state index >= 15 is 0 Å². The van der Waals surface area contributed by atoms with Gasteiger partial charge in [0.15, 0.2) is 0 Å². The van der Waals surface area contributed by atoms with Crippen LogP contribution in [0.2, 0.25) is 0 Å². The Kier molecular flexibility index (Phi) is 6.13. The molecule has 1 saturated heterocycles. The van der Waals surface area contributed by atoms with Crippen molar-refractivity contribution >= 4 is 34.9 Å². The van der Waals surface area contributed by atoms with Crippen LogP contribution in [0.15, 0.2) is 0 Å². The fourth-order valence-corrected chi connectivity index (χ4v) is 2.97. The molecule has 0 spiro atoms. The van der Waals surface area contributed by atoms with E-state index in [-0.39, 0.29) is 11.8 Å². The zero-order chi connectivity index (χ0) is 12.0. The molecule has 0 saturated carbocycles.